The summed E-state index contributed by atoms with van der Waals surface area (Å²) in [5.74, 6) is 0.695. The van der Waals surface area contributed by atoms with Gasteiger partial charge in [0, 0.05) is 11.6 Å². The second kappa shape index (κ2) is 3.89. The maximum Gasteiger partial charge on any atom is 0.128 e. The predicted octanol–water partition coefficient (Wildman–Crippen LogP) is 2.48. The SMILES string of the molecule is Cc1nc(N)cc(-c2cc(F)ccc2C)n1. The van der Waals surface area contributed by atoms with Crippen molar-refractivity contribution in [3.63, 3.8) is 0 Å². The zero-order valence-electron chi connectivity index (χ0n) is 9.16. The van der Waals surface area contributed by atoms with E-state index in [1.165, 1.54) is 12.1 Å². The molecule has 0 bridgehead atoms. The lowest BCUT2D eigenvalue weighted by molar-refractivity contribution is 0.628. The van der Waals surface area contributed by atoms with Gasteiger partial charge < -0.3 is 5.73 Å². The number of nitrogens with zero attached hydrogens (tertiary/aromatic N) is 2. The van der Waals surface area contributed by atoms with Crippen LogP contribution < -0.4 is 5.73 Å². The van der Waals surface area contributed by atoms with Crippen LogP contribution in [0.2, 0.25) is 0 Å². The van der Waals surface area contributed by atoms with Crippen molar-refractivity contribution < 1.29 is 4.39 Å². The molecule has 0 aliphatic heterocycles. The van der Waals surface area contributed by atoms with Gasteiger partial charge in [0.1, 0.15) is 17.5 Å². The first-order chi connectivity index (χ1) is 7.56. The lowest BCUT2D eigenvalue weighted by Gasteiger charge is -2.06. The summed E-state index contributed by atoms with van der Waals surface area (Å²) in [7, 11) is 0. The summed E-state index contributed by atoms with van der Waals surface area (Å²) in [6, 6.07) is 6.25. The van der Waals surface area contributed by atoms with Gasteiger partial charge in [0.25, 0.3) is 0 Å². The Kier molecular flexibility index (Phi) is 2.56. The van der Waals surface area contributed by atoms with Crippen LogP contribution in [0.25, 0.3) is 11.3 Å². The number of aryl methyl sites for hydroxylation is 2. The summed E-state index contributed by atoms with van der Waals surface area (Å²) in [5, 5.41) is 0. The number of hydrogen-bond donors (Lipinski definition) is 1. The average Bonchev–Trinajstić information content (AvgIpc) is 2.20. The van der Waals surface area contributed by atoms with Gasteiger partial charge in [0.2, 0.25) is 0 Å². The summed E-state index contributed by atoms with van der Waals surface area (Å²) in [6.45, 7) is 3.66. The average molecular weight is 217 g/mol. The molecule has 0 atom stereocenters. The summed E-state index contributed by atoms with van der Waals surface area (Å²) in [6.07, 6.45) is 0. The maximum atomic E-state index is 13.2. The van der Waals surface area contributed by atoms with Crippen LogP contribution in [0.3, 0.4) is 0 Å². The molecular weight excluding hydrogens is 205 g/mol. The van der Waals surface area contributed by atoms with E-state index in [1.807, 2.05) is 6.92 Å². The third kappa shape index (κ3) is 2.00. The molecule has 0 saturated carbocycles. The number of halogens is 1. The van der Waals surface area contributed by atoms with Crippen molar-refractivity contribution in [3.05, 3.63) is 41.5 Å². The Labute approximate surface area is 93.2 Å². The highest BCUT2D eigenvalue weighted by atomic mass is 19.1. The molecule has 0 spiro atoms. The molecule has 0 aliphatic rings. The van der Waals surface area contributed by atoms with E-state index in [4.69, 9.17) is 5.73 Å². The van der Waals surface area contributed by atoms with Crippen LogP contribution in [0.4, 0.5) is 10.2 Å². The van der Waals surface area contributed by atoms with Gasteiger partial charge in [-0.05, 0) is 31.5 Å². The molecule has 0 amide bonds. The first-order valence-corrected chi connectivity index (χ1v) is 4.94. The van der Waals surface area contributed by atoms with Crippen LogP contribution in [0, 0.1) is 19.7 Å². The van der Waals surface area contributed by atoms with E-state index >= 15 is 0 Å². The molecule has 0 unspecified atom stereocenters. The summed E-state index contributed by atoms with van der Waals surface area (Å²) in [4.78, 5) is 8.23. The highest BCUT2D eigenvalue weighted by molar-refractivity contribution is 5.65. The van der Waals surface area contributed by atoms with Gasteiger partial charge in [-0.1, -0.05) is 6.07 Å². The smallest absolute Gasteiger partial charge is 0.128 e. The zero-order valence-corrected chi connectivity index (χ0v) is 9.16. The van der Waals surface area contributed by atoms with Crippen LogP contribution in [0.15, 0.2) is 24.3 Å². The van der Waals surface area contributed by atoms with E-state index in [-0.39, 0.29) is 5.82 Å². The molecule has 16 heavy (non-hydrogen) atoms. The molecule has 2 N–H and O–H groups in total. The first kappa shape index (κ1) is 10.5. The highest BCUT2D eigenvalue weighted by Crippen LogP contribution is 2.23. The minimum Gasteiger partial charge on any atom is -0.384 e. The van der Waals surface area contributed by atoms with Gasteiger partial charge in [-0.25, -0.2) is 14.4 Å². The van der Waals surface area contributed by atoms with Crippen molar-refractivity contribution in [2.75, 3.05) is 5.73 Å². The lowest BCUT2D eigenvalue weighted by atomic mass is 10.1. The molecule has 1 heterocycles. The highest BCUT2D eigenvalue weighted by Gasteiger charge is 2.06. The number of benzene rings is 1. The molecule has 0 saturated heterocycles. The zero-order chi connectivity index (χ0) is 11.7. The monoisotopic (exact) mass is 217 g/mol. The quantitative estimate of drug-likeness (QED) is 0.798. The Balaban J connectivity index is 2.62. The lowest BCUT2D eigenvalue weighted by Crippen LogP contribution is -1.98. The van der Waals surface area contributed by atoms with E-state index in [9.17, 15) is 4.39 Å². The molecule has 0 radical (unpaired) electrons. The molecular formula is C12H12FN3. The van der Waals surface area contributed by atoms with Gasteiger partial charge in [-0.3, -0.25) is 0 Å². The summed E-state index contributed by atoms with van der Waals surface area (Å²) >= 11 is 0. The maximum absolute atomic E-state index is 13.2. The fourth-order valence-corrected chi connectivity index (χ4v) is 1.60. The molecule has 2 rings (SSSR count). The molecule has 1 aromatic carbocycles. The van der Waals surface area contributed by atoms with E-state index in [0.717, 1.165) is 11.1 Å². The van der Waals surface area contributed by atoms with E-state index in [0.29, 0.717) is 17.3 Å². The Hall–Kier alpha value is -1.97. The first-order valence-electron chi connectivity index (χ1n) is 4.94. The Morgan fingerprint density at radius 2 is 1.88 bits per heavy atom. The van der Waals surface area contributed by atoms with E-state index < -0.39 is 0 Å². The Morgan fingerprint density at radius 3 is 2.56 bits per heavy atom. The van der Waals surface area contributed by atoms with Crippen molar-refractivity contribution in [2.45, 2.75) is 13.8 Å². The van der Waals surface area contributed by atoms with Gasteiger partial charge in [-0.2, -0.15) is 0 Å². The molecule has 0 fully saturated rings. The van der Waals surface area contributed by atoms with Gasteiger partial charge in [0.15, 0.2) is 0 Å². The van der Waals surface area contributed by atoms with E-state index in [2.05, 4.69) is 9.97 Å². The van der Waals surface area contributed by atoms with E-state index in [1.54, 1.807) is 19.1 Å². The molecule has 4 heteroatoms. The predicted molar refractivity (Wildman–Crippen MR) is 61.3 cm³/mol. The van der Waals surface area contributed by atoms with Crippen molar-refractivity contribution in [2.24, 2.45) is 0 Å². The minimum absolute atomic E-state index is 0.282. The third-order valence-electron chi connectivity index (χ3n) is 2.33. The number of rotatable bonds is 1. The number of nitrogen functional groups attached to an aromatic ring is 1. The van der Waals surface area contributed by atoms with Crippen LogP contribution in [0.5, 0.6) is 0 Å². The number of aromatic nitrogens is 2. The second-order valence-electron chi connectivity index (χ2n) is 3.68. The van der Waals surface area contributed by atoms with Crippen LogP contribution >= 0.6 is 0 Å². The number of anilines is 1. The van der Waals surface area contributed by atoms with Crippen LogP contribution in [-0.2, 0) is 0 Å². The molecule has 0 aliphatic carbocycles. The van der Waals surface area contributed by atoms with Gasteiger partial charge in [-0.15, -0.1) is 0 Å². The normalized spacial score (nSPS) is 10.4. The molecule has 2 aromatic rings. The van der Waals surface area contributed by atoms with Crippen molar-refractivity contribution in [1.82, 2.24) is 9.97 Å². The fourth-order valence-electron chi connectivity index (χ4n) is 1.60. The third-order valence-corrected chi connectivity index (χ3v) is 2.33. The standard InChI is InChI=1S/C12H12FN3/c1-7-3-4-9(13)5-10(7)11-6-12(14)16-8(2)15-11/h3-6H,1-2H3,(H2,14,15,16). The minimum atomic E-state index is -0.282. The summed E-state index contributed by atoms with van der Waals surface area (Å²) in [5.41, 5.74) is 8.00. The largest absolute Gasteiger partial charge is 0.384 e. The van der Waals surface area contributed by atoms with Crippen molar-refractivity contribution in [3.8, 4) is 11.3 Å². The van der Waals surface area contributed by atoms with Gasteiger partial charge in [0.05, 0.1) is 5.69 Å². The molecule has 3 nitrogen and oxygen atoms in total. The fraction of sp³-hybridized carbons (Fsp3) is 0.167. The second-order valence-corrected chi connectivity index (χ2v) is 3.68. The van der Waals surface area contributed by atoms with Crippen molar-refractivity contribution >= 4 is 5.82 Å². The van der Waals surface area contributed by atoms with Crippen LogP contribution in [-0.4, -0.2) is 9.97 Å². The van der Waals surface area contributed by atoms with Crippen LogP contribution in [0.1, 0.15) is 11.4 Å². The number of hydrogen-bond acceptors (Lipinski definition) is 3. The Morgan fingerprint density at radius 1 is 1.12 bits per heavy atom. The topological polar surface area (TPSA) is 51.8 Å². The summed E-state index contributed by atoms with van der Waals surface area (Å²) < 4.78 is 13.2. The molecule has 1 aromatic heterocycles. The molecule has 82 valence electrons. The Bertz CT molecular complexity index is 518. The number of nitrogens with two attached hydrogens (primary N) is 1. The van der Waals surface area contributed by atoms with Gasteiger partial charge >= 0.3 is 0 Å². The van der Waals surface area contributed by atoms with Crippen molar-refractivity contribution in [1.29, 1.82) is 0 Å².